The van der Waals surface area contributed by atoms with Gasteiger partial charge >= 0.3 is 0 Å². The minimum Gasteiger partial charge on any atom is -0.294 e. The molecule has 1 atom stereocenters. The van der Waals surface area contributed by atoms with Crippen LogP contribution in [0.4, 0.5) is 0 Å². The van der Waals surface area contributed by atoms with Crippen molar-refractivity contribution < 1.29 is 4.79 Å². The lowest BCUT2D eigenvalue weighted by Crippen LogP contribution is -2.49. The van der Waals surface area contributed by atoms with E-state index in [0.717, 1.165) is 6.42 Å². The third-order valence-electron chi connectivity index (χ3n) is 2.50. The Morgan fingerprint density at radius 2 is 1.87 bits per heavy atom. The van der Waals surface area contributed by atoms with Crippen LogP contribution in [0.25, 0.3) is 0 Å². The summed E-state index contributed by atoms with van der Waals surface area (Å²) in [5.74, 6) is -0.226. The van der Waals surface area contributed by atoms with Gasteiger partial charge in [-0.3, -0.25) is 4.79 Å². The minimum absolute atomic E-state index is 0.0314. The third kappa shape index (κ3) is 3.62. The first-order valence-electron chi connectivity index (χ1n) is 4.87. The molecule has 0 spiro atoms. The Labute approximate surface area is 119 Å². The topological polar surface area (TPSA) is 17.1 Å². The first-order valence-corrected chi connectivity index (χ1v) is 7.09. The summed E-state index contributed by atoms with van der Waals surface area (Å²) in [7, 11) is 0. The van der Waals surface area contributed by atoms with Crippen molar-refractivity contribution in [2.45, 2.75) is 52.2 Å². The zero-order chi connectivity index (χ0) is 11.9. The Bertz CT molecular complexity index is 272. The maximum Gasteiger partial charge on any atom is 0.189 e. The van der Waals surface area contributed by atoms with Crippen molar-refractivity contribution in [2.24, 2.45) is 0 Å². The lowest BCUT2D eigenvalue weighted by Gasteiger charge is -2.39. The van der Waals surface area contributed by atoms with E-state index in [9.17, 15) is 4.79 Å². The fourth-order valence-corrected chi connectivity index (χ4v) is 4.21. The molecule has 1 fully saturated rings. The second kappa shape index (κ2) is 4.51. The van der Waals surface area contributed by atoms with Gasteiger partial charge < -0.3 is 0 Å². The fraction of sp³-hybridized carbons (Fsp3) is 0.900. The standard InChI is InChI=1S/C10H14Cl3IO/c1-8(2,14)6-9(11)4-3-5-10(12,13)7(9)15/h3-6H2,1-2H3. The summed E-state index contributed by atoms with van der Waals surface area (Å²) in [6, 6.07) is 0. The summed E-state index contributed by atoms with van der Waals surface area (Å²) in [6.07, 6.45) is 2.57. The number of Topliss-reactive ketones (excluding diaryl/α,β-unsaturated/α-hetero) is 1. The van der Waals surface area contributed by atoms with Crippen molar-refractivity contribution >= 4 is 63.2 Å². The van der Waals surface area contributed by atoms with E-state index in [0.29, 0.717) is 19.3 Å². The molecule has 0 aliphatic heterocycles. The largest absolute Gasteiger partial charge is 0.294 e. The molecule has 88 valence electrons. The maximum atomic E-state index is 12.0. The van der Waals surface area contributed by atoms with Crippen LogP contribution in [-0.4, -0.2) is 18.4 Å². The molecule has 1 aliphatic carbocycles. The van der Waals surface area contributed by atoms with E-state index in [2.05, 4.69) is 22.6 Å². The van der Waals surface area contributed by atoms with Gasteiger partial charge in [0.2, 0.25) is 0 Å². The van der Waals surface area contributed by atoms with Crippen molar-refractivity contribution in [1.29, 1.82) is 0 Å². The molecule has 0 aromatic carbocycles. The SMILES string of the molecule is CC(C)(I)CC1(Cl)CCCC(Cl)(Cl)C1=O. The highest BCUT2D eigenvalue weighted by atomic mass is 127. The number of ketones is 1. The first kappa shape index (κ1) is 14.3. The normalized spacial score (nSPS) is 31.7. The summed E-state index contributed by atoms with van der Waals surface area (Å²) in [5, 5.41) is 0. The average Bonchev–Trinajstić information content (AvgIpc) is 1.96. The lowest BCUT2D eigenvalue weighted by molar-refractivity contribution is -0.124. The van der Waals surface area contributed by atoms with Crippen LogP contribution < -0.4 is 0 Å². The number of halogens is 4. The van der Waals surface area contributed by atoms with Crippen LogP contribution in [0.5, 0.6) is 0 Å². The maximum absolute atomic E-state index is 12.0. The van der Waals surface area contributed by atoms with Crippen LogP contribution in [0.2, 0.25) is 0 Å². The molecule has 0 bridgehead atoms. The molecule has 0 aromatic heterocycles. The number of hydrogen-bond acceptors (Lipinski definition) is 1. The van der Waals surface area contributed by atoms with Crippen LogP contribution in [0, 0.1) is 0 Å². The molecule has 0 N–H and O–H groups in total. The predicted molar refractivity (Wildman–Crippen MR) is 74.6 cm³/mol. The van der Waals surface area contributed by atoms with Gasteiger partial charge in [0.15, 0.2) is 10.1 Å². The number of alkyl halides is 4. The van der Waals surface area contributed by atoms with E-state index < -0.39 is 9.21 Å². The summed E-state index contributed by atoms with van der Waals surface area (Å²) in [6.45, 7) is 4.09. The molecule has 1 saturated carbocycles. The smallest absolute Gasteiger partial charge is 0.189 e. The monoisotopic (exact) mass is 382 g/mol. The Kier molecular flexibility index (Phi) is 4.30. The van der Waals surface area contributed by atoms with Gasteiger partial charge in [-0.15, -0.1) is 11.6 Å². The second-order valence-corrected chi connectivity index (χ2v) is 9.88. The van der Waals surface area contributed by atoms with Gasteiger partial charge in [0.05, 0.1) is 0 Å². The van der Waals surface area contributed by atoms with Gasteiger partial charge in [-0.1, -0.05) is 59.6 Å². The van der Waals surface area contributed by atoms with E-state index in [-0.39, 0.29) is 9.20 Å². The average molecular weight is 383 g/mol. The van der Waals surface area contributed by atoms with E-state index in [4.69, 9.17) is 34.8 Å². The van der Waals surface area contributed by atoms with Crippen LogP contribution in [0.1, 0.15) is 39.5 Å². The van der Waals surface area contributed by atoms with E-state index in [1.54, 1.807) is 0 Å². The molecule has 1 nitrogen and oxygen atoms in total. The fourth-order valence-electron chi connectivity index (χ4n) is 1.98. The van der Waals surface area contributed by atoms with Crippen molar-refractivity contribution in [3.05, 3.63) is 0 Å². The highest BCUT2D eigenvalue weighted by Gasteiger charge is 2.52. The number of hydrogen-bond donors (Lipinski definition) is 0. The summed E-state index contributed by atoms with van der Waals surface area (Å²) >= 11 is 20.6. The second-order valence-electron chi connectivity index (χ2n) is 4.75. The molecule has 1 unspecified atom stereocenters. The molecule has 0 radical (unpaired) electrons. The summed E-state index contributed by atoms with van der Waals surface area (Å²) < 4.78 is -1.32. The molecular formula is C10H14Cl3IO. The zero-order valence-electron chi connectivity index (χ0n) is 8.75. The Morgan fingerprint density at radius 3 is 2.33 bits per heavy atom. The molecule has 0 saturated heterocycles. The molecule has 15 heavy (non-hydrogen) atoms. The number of carbonyl (C=O) groups excluding carboxylic acids is 1. The zero-order valence-corrected chi connectivity index (χ0v) is 13.2. The molecule has 5 heteroatoms. The Balaban J connectivity index is 2.88. The minimum atomic E-state index is -1.29. The van der Waals surface area contributed by atoms with Gasteiger partial charge in [-0.25, -0.2) is 0 Å². The molecular weight excluding hydrogens is 369 g/mol. The van der Waals surface area contributed by atoms with Crippen LogP contribution in [0.15, 0.2) is 0 Å². The number of rotatable bonds is 2. The number of carbonyl (C=O) groups is 1. The predicted octanol–water partition coefficient (Wildman–Crippen LogP) is 4.49. The van der Waals surface area contributed by atoms with Gasteiger partial charge in [-0.2, -0.15) is 0 Å². The quantitative estimate of drug-likeness (QED) is 0.507. The van der Waals surface area contributed by atoms with Crippen molar-refractivity contribution in [3.63, 3.8) is 0 Å². The third-order valence-corrected chi connectivity index (χ3v) is 4.10. The van der Waals surface area contributed by atoms with Gasteiger partial charge in [0, 0.05) is 3.42 Å². The highest BCUT2D eigenvalue weighted by molar-refractivity contribution is 14.1. The van der Waals surface area contributed by atoms with E-state index >= 15 is 0 Å². The molecule has 1 aliphatic rings. The van der Waals surface area contributed by atoms with Crippen molar-refractivity contribution in [1.82, 2.24) is 0 Å². The van der Waals surface area contributed by atoms with Crippen molar-refractivity contribution in [3.8, 4) is 0 Å². The lowest BCUT2D eigenvalue weighted by atomic mass is 9.81. The van der Waals surface area contributed by atoms with Crippen LogP contribution in [0.3, 0.4) is 0 Å². The molecule has 1 rings (SSSR count). The van der Waals surface area contributed by atoms with Gasteiger partial charge in [-0.05, 0) is 25.7 Å². The van der Waals surface area contributed by atoms with Crippen LogP contribution >= 0.6 is 57.4 Å². The van der Waals surface area contributed by atoms with E-state index in [1.165, 1.54) is 0 Å². The van der Waals surface area contributed by atoms with E-state index in [1.807, 2.05) is 13.8 Å². The Morgan fingerprint density at radius 1 is 1.33 bits per heavy atom. The van der Waals surface area contributed by atoms with Crippen LogP contribution in [-0.2, 0) is 4.79 Å². The summed E-state index contributed by atoms with van der Waals surface area (Å²) in [5.41, 5.74) is 0. The van der Waals surface area contributed by atoms with Gasteiger partial charge in [0.1, 0.15) is 4.87 Å². The highest BCUT2D eigenvalue weighted by Crippen LogP contribution is 2.47. The molecule has 0 heterocycles. The molecule has 0 amide bonds. The first-order chi connectivity index (χ1) is 6.57. The molecule has 0 aromatic rings. The Hall–Kier alpha value is 1.27. The summed E-state index contributed by atoms with van der Waals surface area (Å²) in [4.78, 5) is 11.2. The van der Waals surface area contributed by atoms with Gasteiger partial charge in [0.25, 0.3) is 0 Å². The van der Waals surface area contributed by atoms with Crippen molar-refractivity contribution in [2.75, 3.05) is 0 Å².